The van der Waals surface area contributed by atoms with E-state index >= 15 is 0 Å². The molecule has 32 heavy (non-hydrogen) atoms. The third-order valence-electron chi connectivity index (χ3n) is 6.16. The van der Waals surface area contributed by atoms with Crippen molar-refractivity contribution in [1.29, 1.82) is 5.26 Å². The van der Waals surface area contributed by atoms with E-state index in [0.29, 0.717) is 42.6 Å². The quantitative estimate of drug-likeness (QED) is 0.766. The zero-order valence-electron chi connectivity index (χ0n) is 17.8. The first-order valence-corrected chi connectivity index (χ1v) is 10.6. The number of ether oxygens (including phenoxy) is 4. The molecule has 2 N–H and O–H groups in total. The second-order valence-corrected chi connectivity index (χ2v) is 8.01. The van der Waals surface area contributed by atoms with Crippen molar-refractivity contribution in [3.63, 3.8) is 0 Å². The summed E-state index contributed by atoms with van der Waals surface area (Å²) in [7, 11) is 0. The molecule has 1 aromatic carbocycles. The highest BCUT2D eigenvalue weighted by Gasteiger charge is 2.35. The average molecular weight is 436 g/mol. The van der Waals surface area contributed by atoms with Gasteiger partial charge in [-0.2, -0.15) is 5.26 Å². The maximum atomic E-state index is 13.7. The summed E-state index contributed by atoms with van der Waals surface area (Å²) in [5, 5.41) is 9.85. The van der Waals surface area contributed by atoms with Crippen LogP contribution in [0.25, 0.3) is 0 Å². The Labute approximate surface area is 185 Å². The lowest BCUT2D eigenvalue weighted by molar-refractivity contribution is 0.0362. The highest BCUT2D eigenvalue weighted by molar-refractivity contribution is 5.57. The van der Waals surface area contributed by atoms with Crippen LogP contribution >= 0.6 is 0 Å². The minimum atomic E-state index is -0.652. The van der Waals surface area contributed by atoms with Gasteiger partial charge in [0.15, 0.2) is 11.5 Å². The van der Waals surface area contributed by atoms with Crippen LogP contribution in [0.2, 0.25) is 0 Å². The number of hydrogen-bond acceptors (Lipinski definition) is 8. The van der Waals surface area contributed by atoms with Crippen molar-refractivity contribution in [3.8, 4) is 23.3 Å². The predicted molar refractivity (Wildman–Crippen MR) is 115 cm³/mol. The number of morpholine rings is 1. The van der Waals surface area contributed by atoms with E-state index in [0.717, 1.165) is 30.9 Å². The third kappa shape index (κ3) is 3.47. The first-order valence-electron chi connectivity index (χ1n) is 10.6. The minimum absolute atomic E-state index is 0.00698. The highest BCUT2D eigenvalue weighted by atomic mass is 16.7. The second-order valence-electron chi connectivity index (χ2n) is 8.01. The number of allylic oxidation sites excluding steroid dienone is 1. The van der Waals surface area contributed by atoms with Crippen molar-refractivity contribution in [3.05, 3.63) is 62.9 Å². The number of aryl methyl sites for hydroxylation is 1. The van der Waals surface area contributed by atoms with Gasteiger partial charge in [0.2, 0.25) is 12.7 Å². The molecule has 1 fully saturated rings. The zero-order valence-corrected chi connectivity index (χ0v) is 17.8. The van der Waals surface area contributed by atoms with E-state index in [1.54, 1.807) is 16.7 Å². The van der Waals surface area contributed by atoms with E-state index < -0.39 is 5.92 Å². The number of benzene rings is 1. The molecule has 0 aliphatic carbocycles. The second kappa shape index (κ2) is 8.22. The molecule has 0 spiro atoms. The molecule has 2 aromatic rings. The Hall–Kier alpha value is -3.48. The summed E-state index contributed by atoms with van der Waals surface area (Å²) >= 11 is 0. The Morgan fingerprint density at radius 3 is 2.69 bits per heavy atom. The van der Waals surface area contributed by atoms with Crippen molar-refractivity contribution in [2.45, 2.75) is 19.4 Å². The fourth-order valence-corrected chi connectivity index (χ4v) is 4.46. The Kier molecular flexibility index (Phi) is 5.25. The number of pyridine rings is 1. The summed E-state index contributed by atoms with van der Waals surface area (Å²) in [5.74, 6) is 0.942. The Morgan fingerprint density at radius 1 is 1.12 bits per heavy atom. The number of nitrogens with zero attached hydrogens (tertiary/aromatic N) is 3. The molecule has 1 aromatic heterocycles. The molecule has 3 aliphatic rings. The van der Waals surface area contributed by atoms with E-state index in [4.69, 9.17) is 24.7 Å². The Bertz CT molecular complexity index is 1190. The van der Waals surface area contributed by atoms with E-state index in [1.807, 2.05) is 19.1 Å². The van der Waals surface area contributed by atoms with Gasteiger partial charge in [0.05, 0.1) is 24.7 Å². The van der Waals surface area contributed by atoms with Gasteiger partial charge in [0.1, 0.15) is 17.4 Å². The monoisotopic (exact) mass is 436 g/mol. The lowest BCUT2D eigenvalue weighted by Crippen LogP contribution is -2.40. The molecule has 4 heterocycles. The molecule has 5 rings (SSSR count). The fourth-order valence-electron chi connectivity index (χ4n) is 4.46. The number of fused-ring (bicyclic) bond motifs is 2. The van der Waals surface area contributed by atoms with E-state index in [-0.39, 0.29) is 23.8 Å². The van der Waals surface area contributed by atoms with Crippen molar-refractivity contribution in [2.75, 3.05) is 39.6 Å². The fraction of sp³-hybridized carbons (Fsp3) is 0.391. The van der Waals surface area contributed by atoms with Crippen LogP contribution in [0.1, 0.15) is 22.7 Å². The summed E-state index contributed by atoms with van der Waals surface area (Å²) in [6, 6.07) is 9.36. The van der Waals surface area contributed by atoms with Gasteiger partial charge in [-0.05, 0) is 24.6 Å². The van der Waals surface area contributed by atoms with Crippen LogP contribution in [0.5, 0.6) is 17.2 Å². The standard InChI is InChI=1S/C23H24N4O5/c1-14-10-19-21(23(28)27(14)5-4-26-6-8-29-9-7-26)20(16(12-24)22(25)32-19)15-2-3-17-18(11-15)31-13-30-17/h2-3,10-11,20H,4-9,13,25H2,1H3. The first-order chi connectivity index (χ1) is 15.6. The number of rotatable bonds is 4. The van der Waals surface area contributed by atoms with Gasteiger partial charge in [-0.3, -0.25) is 9.69 Å². The zero-order chi connectivity index (χ0) is 22.2. The predicted octanol–water partition coefficient (Wildman–Crippen LogP) is 1.44. The molecule has 0 saturated carbocycles. The molecule has 166 valence electrons. The van der Waals surface area contributed by atoms with Gasteiger partial charge < -0.3 is 29.2 Å². The van der Waals surface area contributed by atoms with Crippen LogP contribution < -0.4 is 25.5 Å². The summed E-state index contributed by atoms with van der Waals surface area (Å²) in [5.41, 5.74) is 8.02. The van der Waals surface area contributed by atoms with Crippen LogP contribution in [-0.2, 0) is 11.3 Å². The van der Waals surface area contributed by atoms with Crippen LogP contribution in [-0.4, -0.2) is 49.1 Å². The van der Waals surface area contributed by atoms with Crippen molar-refractivity contribution in [1.82, 2.24) is 9.47 Å². The summed E-state index contributed by atoms with van der Waals surface area (Å²) in [4.78, 5) is 16.0. The maximum Gasteiger partial charge on any atom is 0.258 e. The molecule has 9 nitrogen and oxygen atoms in total. The Balaban J connectivity index is 1.58. The molecular weight excluding hydrogens is 412 g/mol. The van der Waals surface area contributed by atoms with E-state index in [2.05, 4.69) is 11.0 Å². The molecule has 1 atom stereocenters. The summed E-state index contributed by atoms with van der Waals surface area (Å²) in [6.07, 6.45) is 0. The molecule has 0 amide bonds. The lowest BCUT2D eigenvalue weighted by atomic mass is 9.84. The average Bonchev–Trinajstić information content (AvgIpc) is 3.26. The summed E-state index contributed by atoms with van der Waals surface area (Å²) < 4.78 is 23.8. The van der Waals surface area contributed by atoms with Crippen molar-refractivity contribution in [2.24, 2.45) is 5.73 Å². The van der Waals surface area contributed by atoms with E-state index in [9.17, 15) is 10.1 Å². The van der Waals surface area contributed by atoms with Crippen molar-refractivity contribution < 1.29 is 18.9 Å². The van der Waals surface area contributed by atoms with Gasteiger partial charge in [-0.15, -0.1) is 0 Å². The molecule has 0 bridgehead atoms. The van der Waals surface area contributed by atoms with Crippen LogP contribution in [0.4, 0.5) is 0 Å². The van der Waals surface area contributed by atoms with Gasteiger partial charge in [0, 0.05) is 37.9 Å². The summed E-state index contributed by atoms with van der Waals surface area (Å²) in [6.45, 7) is 6.38. The topological polar surface area (TPSA) is 112 Å². The molecule has 1 saturated heterocycles. The molecule has 9 heteroatoms. The third-order valence-corrected chi connectivity index (χ3v) is 6.16. The largest absolute Gasteiger partial charge is 0.454 e. The van der Waals surface area contributed by atoms with Gasteiger partial charge >= 0.3 is 0 Å². The lowest BCUT2D eigenvalue weighted by Gasteiger charge is -2.29. The molecule has 0 radical (unpaired) electrons. The Morgan fingerprint density at radius 2 is 1.91 bits per heavy atom. The highest BCUT2D eigenvalue weighted by Crippen LogP contribution is 2.43. The van der Waals surface area contributed by atoms with Crippen LogP contribution in [0.15, 0.2) is 40.5 Å². The normalized spacial score (nSPS) is 19.9. The number of nitriles is 1. The van der Waals surface area contributed by atoms with Crippen LogP contribution in [0.3, 0.4) is 0 Å². The van der Waals surface area contributed by atoms with E-state index in [1.165, 1.54) is 0 Å². The number of hydrogen-bond donors (Lipinski definition) is 1. The minimum Gasteiger partial charge on any atom is -0.454 e. The number of nitrogens with two attached hydrogens (primary N) is 1. The van der Waals surface area contributed by atoms with Gasteiger partial charge in [0.25, 0.3) is 5.56 Å². The smallest absolute Gasteiger partial charge is 0.258 e. The molecular formula is C23H24N4O5. The van der Waals surface area contributed by atoms with Gasteiger partial charge in [-0.1, -0.05) is 6.07 Å². The molecule has 1 unspecified atom stereocenters. The first kappa shape index (κ1) is 20.4. The molecule has 3 aliphatic heterocycles. The number of aromatic nitrogens is 1. The maximum absolute atomic E-state index is 13.7. The van der Waals surface area contributed by atoms with Crippen LogP contribution in [0, 0.1) is 18.3 Å². The SMILES string of the molecule is Cc1cc2c(c(=O)n1CCN1CCOCC1)C(c1ccc3c(c1)OCO3)C(C#N)=C(N)O2. The van der Waals surface area contributed by atoms with Gasteiger partial charge in [-0.25, -0.2) is 0 Å². The van der Waals surface area contributed by atoms with Crippen molar-refractivity contribution >= 4 is 0 Å².